The van der Waals surface area contributed by atoms with Crippen molar-refractivity contribution in [3.63, 3.8) is 0 Å². The van der Waals surface area contributed by atoms with E-state index in [0.717, 1.165) is 0 Å². The lowest BCUT2D eigenvalue weighted by atomic mass is 9.94. The van der Waals surface area contributed by atoms with Crippen molar-refractivity contribution in [3.8, 4) is 0 Å². The van der Waals surface area contributed by atoms with Gasteiger partial charge in [-0.25, -0.2) is 4.79 Å². The molecule has 0 fully saturated rings. The Bertz CT molecular complexity index is 556. The van der Waals surface area contributed by atoms with Crippen molar-refractivity contribution in [1.29, 1.82) is 0 Å². The molecule has 1 unspecified atom stereocenters. The second kappa shape index (κ2) is 8.94. The maximum atomic E-state index is 12.0. The van der Waals surface area contributed by atoms with Crippen molar-refractivity contribution in [1.82, 2.24) is 5.32 Å². The Morgan fingerprint density at radius 1 is 1.28 bits per heavy atom. The van der Waals surface area contributed by atoms with Gasteiger partial charge < -0.3 is 24.6 Å². The standard InChI is InChI=1S/C18H27NO6/c1-6-23-13(2)24-15(16(21)22)18(19-12-20,25-17(3,4)5)14-10-8-7-9-11-14/h7-13,15H,6H2,1-5H3,(H,19,20)(H,21,22)/t13?,15-,18-/m0/s1. The SMILES string of the molecule is CCOC(C)O[C@@H](C(=O)O)[C@@](NC=O)(OC(C)(C)C)c1ccccc1. The van der Waals surface area contributed by atoms with Crippen LogP contribution in [-0.4, -0.2) is 42.1 Å². The summed E-state index contributed by atoms with van der Waals surface area (Å²) < 4.78 is 17.0. The van der Waals surface area contributed by atoms with Crippen molar-refractivity contribution in [2.24, 2.45) is 0 Å². The van der Waals surface area contributed by atoms with Crippen LogP contribution in [0.15, 0.2) is 30.3 Å². The second-order valence-electron chi connectivity index (χ2n) is 6.46. The van der Waals surface area contributed by atoms with Crippen molar-refractivity contribution < 1.29 is 28.9 Å². The van der Waals surface area contributed by atoms with Crippen LogP contribution >= 0.6 is 0 Å². The first-order valence-electron chi connectivity index (χ1n) is 8.13. The number of carboxylic acids is 1. The predicted molar refractivity (Wildman–Crippen MR) is 91.8 cm³/mol. The number of rotatable bonds is 10. The maximum Gasteiger partial charge on any atom is 0.338 e. The first kappa shape index (κ1) is 21.1. The molecule has 140 valence electrons. The number of carbonyl (C=O) groups is 2. The number of hydrogen-bond acceptors (Lipinski definition) is 5. The minimum absolute atomic E-state index is 0.354. The lowest BCUT2D eigenvalue weighted by molar-refractivity contribution is -0.258. The highest BCUT2D eigenvalue weighted by atomic mass is 16.7. The summed E-state index contributed by atoms with van der Waals surface area (Å²) in [6, 6.07) is 8.59. The molecule has 0 heterocycles. The van der Waals surface area contributed by atoms with Crippen LogP contribution in [0.3, 0.4) is 0 Å². The van der Waals surface area contributed by atoms with Gasteiger partial charge in [0.2, 0.25) is 18.2 Å². The zero-order chi connectivity index (χ0) is 19.1. The molecule has 7 nitrogen and oxygen atoms in total. The number of aliphatic carboxylic acids is 1. The van der Waals surface area contributed by atoms with E-state index in [1.54, 1.807) is 65.0 Å². The molecule has 0 bridgehead atoms. The van der Waals surface area contributed by atoms with Gasteiger partial charge in [0.1, 0.15) is 0 Å². The summed E-state index contributed by atoms with van der Waals surface area (Å²) in [6.45, 7) is 9.02. The van der Waals surface area contributed by atoms with Gasteiger partial charge in [-0.1, -0.05) is 30.3 Å². The van der Waals surface area contributed by atoms with Crippen LogP contribution in [-0.2, 0) is 29.5 Å². The summed E-state index contributed by atoms with van der Waals surface area (Å²) in [5.41, 5.74) is -2.04. The molecular weight excluding hydrogens is 326 g/mol. The van der Waals surface area contributed by atoms with Gasteiger partial charge in [0.05, 0.1) is 5.60 Å². The molecule has 0 saturated carbocycles. The van der Waals surface area contributed by atoms with Crippen LogP contribution in [0.2, 0.25) is 0 Å². The Kier molecular flexibility index (Phi) is 7.54. The van der Waals surface area contributed by atoms with Crippen LogP contribution in [0.25, 0.3) is 0 Å². The predicted octanol–water partition coefficient (Wildman–Crippen LogP) is 2.25. The summed E-state index contributed by atoms with van der Waals surface area (Å²) in [5, 5.41) is 12.3. The molecule has 0 spiro atoms. The zero-order valence-electron chi connectivity index (χ0n) is 15.3. The third-order valence-corrected chi connectivity index (χ3v) is 3.27. The molecule has 7 heteroatoms. The van der Waals surface area contributed by atoms with E-state index in [9.17, 15) is 14.7 Å². The lowest BCUT2D eigenvalue weighted by Gasteiger charge is -2.43. The van der Waals surface area contributed by atoms with Crippen molar-refractivity contribution in [3.05, 3.63) is 35.9 Å². The van der Waals surface area contributed by atoms with Crippen molar-refractivity contribution in [2.45, 2.75) is 58.3 Å². The van der Waals surface area contributed by atoms with E-state index in [1.807, 2.05) is 0 Å². The lowest BCUT2D eigenvalue weighted by Crippen LogP contribution is -2.60. The largest absolute Gasteiger partial charge is 0.479 e. The Balaban J connectivity index is 3.47. The van der Waals surface area contributed by atoms with Gasteiger partial charge in [0.25, 0.3) is 0 Å². The Hall–Kier alpha value is -1.96. The number of hydrogen-bond donors (Lipinski definition) is 2. The van der Waals surface area contributed by atoms with Gasteiger partial charge in [-0.05, 0) is 34.6 Å². The monoisotopic (exact) mass is 353 g/mol. The normalized spacial score (nSPS) is 16.5. The van der Waals surface area contributed by atoms with Crippen LogP contribution in [0.1, 0.15) is 40.2 Å². The van der Waals surface area contributed by atoms with E-state index in [1.165, 1.54) is 0 Å². The van der Waals surface area contributed by atoms with Crippen molar-refractivity contribution >= 4 is 12.4 Å². The quantitative estimate of drug-likeness (QED) is 0.495. The maximum absolute atomic E-state index is 12.0. The molecular formula is C18H27NO6. The number of carbonyl (C=O) groups excluding carboxylic acids is 1. The van der Waals surface area contributed by atoms with Crippen LogP contribution in [0, 0.1) is 0 Å². The zero-order valence-corrected chi connectivity index (χ0v) is 15.3. The highest BCUT2D eigenvalue weighted by Crippen LogP contribution is 2.34. The minimum Gasteiger partial charge on any atom is -0.479 e. The number of nitrogens with one attached hydrogen (secondary N) is 1. The summed E-state index contributed by atoms with van der Waals surface area (Å²) in [4.78, 5) is 23.4. The van der Waals surface area contributed by atoms with Crippen LogP contribution < -0.4 is 5.32 Å². The Labute approximate surface area is 148 Å². The van der Waals surface area contributed by atoms with E-state index < -0.39 is 29.7 Å². The minimum atomic E-state index is -1.72. The summed E-state index contributed by atoms with van der Waals surface area (Å²) in [5.74, 6) is -1.28. The molecule has 1 aromatic rings. The van der Waals surface area contributed by atoms with E-state index in [0.29, 0.717) is 18.6 Å². The number of ether oxygens (including phenoxy) is 3. The molecule has 1 amide bonds. The molecule has 1 rings (SSSR count). The smallest absolute Gasteiger partial charge is 0.338 e. The molecule has 2 N–H and O–H groups in total. The first-order valence-corrected chi connectivity index (χ1v) is 8.13. The fourth-order valence-corrected chi connectivity index (χ4v) is 2.50. The molecule has 0 aliphatic heterocycles. The number of carboxylic acid groups (broad SMARTS) is 1. The Morgan fingerprint density at radius 2 is 1.88 bits per heavy atom. The topological polar surface area (TPSA) is 94.1 Å². The summed E-state index contributed by atoms with van der Waals surface area (Å²) in [7, 11) is 0. The summed E-state index contributed by atoms with van der Waals surface area (Å²) in [6.07, 6.45) is -1.92. The van der Waals surface area contributed by atoms with E-state index in [4.69, 9.17) is 14.2 Å². The van der Waals surface area contributed by atoms with Gasteiger partial charge in [-0.2, -0.15) is 0 Å². The summed E-state index contributed by atoms with van der Waals surface area (Å²) >= 11 is 0. The van der Waals surface area contributed by atoms with Gasteiger partial charge in [0.15, 0.2) is 6.29 Å². The van der Waals surface area contributed by atoms with Crippen molar-refractivity contribution in [2.75, 3.05) is 6.61 Å². The third kappa shape index (κ3) is 5.81. The second-order valence-corrected chi connectivity index (χ2v) is 6.46. The van der Waals surface area contributed by atoms with E-state index in [-0.39, 0.29) is 0 Å². The van der Waals surface area contributed by atoms with E-state index in [2.05, 4.69) is 5.32 Å². The third-order valence-electron chi connectivity index (χ3n) is 3.27. The molecule has 0 aromatic heterocycles. The molecule has 0 aliphatic carbocycles. The molecule has 3 atom stereocenters. The number of amides is 1. The molecule has 1 aromatic carbocycles. The molecule has 0 aliphatic rings. The highest BCUT2D eigenvalue weighted by molar-refractivity contribution is 5.75. The van der Waals surface area contributed by atoms with Crippen LogP contribution in [0.5, 0.6) is 0 Å². The van der Waals surface area contributed by atoms with Crippen LogP contribution in [0.4, 0.5) is 0 Å². The van der Waals surface area contributed by atoms with Gasteiger partial charge in [-0.15, -0.1) is 0 Å². The average Bonchev–Trinajstić information content (AvgIpc) is 2.51. The van der Waals surface area contributed by atoms with E-state index >= 15 is 0 Å². The fourth-order valence-electron chi connectivity index (χ4n) is 2.50. The molecule has 0 radical (unpaired) electrons. The van der Waals surface area contributed by atoms with Gasteiger partial charge in [-0.3, -0.25) is 4.79 Å². The fraction of sp³-hybridized carbons (Fsp3) is 0.556. The Morgan fingerprint density at radius 3 is 2.32 bits per heavy atom. The molecule has 0 saturated heterocycles. The van der Waals surface area contributed by atoms with Gasteiger partial charge in [0, 0.05) is 12.2 Å². The number of benzene rings is 1. The van der Waals surface area contributed by atoms with Gasteiger partial charge >= 0.3 is 5.97 Å². The highest BCUT2D eigenvalue weighted by Gasteiger charge is 2.50. The average molecular weight is 353 g/mol. The molecule has 25 heavy (non-hydrogen) atoms. The first-order chi connectivity index (χ1) is 11.7.